The molecule has 0 radical (unpaired) electrons. The fourth-order valence-electron chi connectivity index (χ4n) is 1.62. The molecule has 0 N–H and O–H groups in total. The van der Waals surface area contributed by atoms with E-state index in [0.717, 1.165) is 21.5 Å². The Hall–Kier alpha value is -1.00. The van der Waals surface area contributed by atoms with Crippen molar-refractivity contribution in [2.24, 2.45) is 0 Å². The zero-order chi connectivity index (χ0) is 12.4. The summed E-state index contributed by atoms with van der Waals surface area (Å²) in [5.41, 5.74) is 2.01. The maximum atomic E-state index is 5.98. The van der Waals surface area contributed by atoms with Gasteiger partial charge in [0.2, 0.25) is 0 Å². The van der Waals surface area contributed by atoms with E-state index >= 15 is 0 Å². The van der Waals surface area contributed by atoms with E-state index in [2.05, 4.69) is 21.0 Å². The van der Waals surface area contributed by atoms with Gasteiger partial charge in [-0.05, 0) is 25.1 Å². The number of methoxy groups -OCH3 is 1. The summed E-state index contributed by atoms with van der Waals surface area (Å²) in [7, 11) is 1.66. The number of benzene rings is 1. The Bertz CT molecular complexity index is 539. The Morgan fingerprint density at radius 1 is 1.47 bits per heavy atom. The predicted octanol–water partition coefficient (Wildman–Crippen LogP) is 3.66. The van der Waals surface area contributed by atoms with Gasteiger partial charge in [-0.15, -0.1) is 0 Å². The minimum Gasteiger partial charge on any atom is -0.496 e. The fourth-order valence-corrected chi connectivity index (χ4v) is 2.16. The summed E-state index contributed by atoms with van der Waals surface area (Å²) < 4.78 is 8.20. The number of hydrogen-bond acceptors (Lipinski definition) is 2. The van der Waals surface area contributed by atoms with Crippen molar-refractivity contribution < 1.29 is 4.74 Å². The molecular weight excluding hydrogens is 304 g/mol. The Balaban J connectivity index is 2.35. The average molecular weight is 316 g/mol. The second-order valence-corrected chi connectivity index (χ2v) is 5.01. The van der Waals surface area contributed by atoms with Gasteiger partial charge in [0.15, 0.2) is 0 Å². The summed E-state index contributed by atoms with van der Waals surface area (Å²) in [4.78, 5) is 0. The second kappa shape index (κ2) is 5.10. The van der Waals surface area contributed by atoms with E-state index in [-0.39, 0.29) is 0 Å². The van der Waals surface area contributed by atoms with Crippen molar-refractivity contribution in [3.05, 3.63) is 45.1 Å². The molecule has 2 aromatic rings. The van der Waals surface area contributed by atoms with Gasteiger partial charge in [-0.1, -0.05) is 27.5 Å². The molecule has 0 saturated carbocycles. The molecule has 0 aliphatic carbocycles. The highest BCUT2D eigenvalue weighted by Crippen LogP contribution is 2.24. The third-order valence-corrected chi connectivity index (χ3v) is 3.47. The van der Waals surface area contributed by atoms with Crippen molar-refractivity contribution >= 4 is 27.5 Å². The highest BCUT2D eigenvalue weighted by Gasteiger charge is 2.08. The summed E-state index contributed by atoms with van der Waals surface area (Å²) in [6, 6.07) is 5.90. The molecule has 17 heavy (non-hydrogen) atoms. The minimum atomic E-state index is 0.640. The molecular formula is C12H12BrClN2O. The van der Waals surface area contributed by atoms with Crippen molar-refractivity contribution in [3.63, 3.8) is 0 Å². The lowest BCUT2D eigenvalue weighted by molar-refractivity contribution is 0.407. The van der Waals surface area contributed by atoms with Gasteiger partial charge in [0.25, 0.3) is 0 Å². The van der Waals surface area contributed by atoms with Gasteiger partial charge in [-0.2, -0.15) is 5.10 Å². The first kappa shape index (κ1) is 12.5. The first-order chi connectivity index (χ1) is 8.11. The van der Waals surface area contributed by atoms with Crippen LogP contribution in [0.2, 0.25) is 5.02 Å². The third kappa shape index (κ3) is 2.64. The molecule has 5 heteroatoms. The zero-order valence-corrected chi connectivity index (χ0v) is 11.9. The van der Waals surface area contributed by atoms with Gasteiger partial charge >= 0.3 is 0 Å². The number of halogens is 2. The summed E-state index contributed by atoms with van der Waals surface area (Å²) >= 11 is 9.43. The van der Waals surface area contributed by atoms with Crippen molar-refractivity contribution in [1.82, 2.24) is 9.78 Å². The first-order valence-corrected chi connectivity index (χ1v) is 6.29. The van der Waals surface area contributed by atoms with Crippen LogP contribution in [0.5, 0.6) is 5.75 Å². The van der Waals surface area contributed by atoms with E-state index in [9.17, 15) is 0 Å². The van der Waals surface area contributed by atoms with E-state index in [0.29, 0.717) is 11.6 Å². The summed E-state index contributed by atoms with van der Waals surface area (Å²) in [6.45, 7) is 2.58. The molecule has 0 atom stereocenters. The summed E-state index contributed by atoms with van der Waals surface area (Å²) in [5.74, 6) is 0.847. The van der Waals surface area contributed by atoms with Gasteiger partial charge in [-0.25, -0.2) is 0 Å². The molecule has 2 rings (SSSR count). The Morgan fingerprint density at radius 2 is 2.24 bits per heavy atom. The number of nitrogens with zero attached hydrogens (tertiary/aromatic N) is 2. The van der Waals surface area contributed by atoms with Crippen molar-refractivity contribution in [2.75, 3.05) is 7.11 Å². The smallest absolute Gasteiger partial charge is 0.124 e. The standard InChI is InChI=1S/C12H12BrClN2O/c1-8-11(14)6-15-16(8)7-9-5-10(13)3-4-12(9)17-2/h3-6H,7H2,1-2H3. The number of hydrogen-bond donors (Lipinski definition) is 0. The molecule has 1 heterocycles. The van der Waals surface area contributed by atoms with Gasteiger partial charge in [0, 0.05) is 10.0 Å². The van der Waals surface area contributed by atoms with Crippen molar-refractivity contribution in [2.45, 2.75) is 13.5 Å². The molecule has 3 nitrogen and oxygen atoms in total. The molecule has 0 unspecified atom stereocenters. The fraction of sp³-hybridized carbons (Fsp3) is 0.250. The SMILES string of the molecule is COc1ccc(Br)cc1Cn1ncc(Cl)c1C. The Kier molecular flexibility index (Phi) is 3.74. The van der Waals surface area contributed by atoms with Gasteiger partial charge in [0.1, 0.15) is 5.75 Å². The number of rotatable bonds is 3. The van der Waals surface area contributed by atoms with Crippen LogP contribution in [0.3, 0.4) is 0 Å². The lowest BCUT2D eigenvalue weighted by Crippen LogP contribution is -2.05. The molecule has 0 bridgehead atoms. The molecule has 1 aromatic heterocycles. The minimum absolute atomic E-state index is 0.640. The lowest BCUT2D eigenvalue weighted by Gasteiger charge is -2.10. The van der Waals surface area contributed by atoms with Gasteiger partial charge < -0.3 is 4.74 Å². The van der Waals surface area contributed by atoms with Crippen LogP contribution in [0.25, 0.3) is 0 Å². The molecule has 0 amide bonds. The zero-order valence-electron chi connectivity index (χ0n) is 9.58. The van der Waals surface area contributed by atoms with Crippen LogP contribution in [-0.4, -0.2) is 16.9 Å². The monoisotopic (exact) mass is 314 g/mol. The van der Waals surface area contributed by atoms with Crippen LogP contribution in [0.1, 0.15) is 11.3 Å². The highest BCUT2D eigenvalue weighted by molar-refractivity contribution is 9.10. The van der Waals surface area contributed by atoms with E-state index in [4.69, 9.17) is 16.3 Å². The van der Waals surface area contributed by atoms with Crippen LogP contribution in [0, 0.1) is 6.92 Å². The predicted molar refractivity (Wildman–Crippen MR) is 71.8 cm³/mol. The van der Waals surface area contributed by atoms with E-state index < -0.39 is 0 Å². The van der Waals surface area contributed by atoms with Gasteiger partial charge in [-0.3, -0.25) is 4.68 Å². The van der Waals surface area contributed by atoms with Crippen LogP contribution in [0.4, 0.5) is 0 Å². The van der Waals surface area contributed by atoms with E-state index in [1.165, 1.54) is 0 Å². The van der Waals surface area contributed by atoms with Crippen LogP contribution in [0.15, 0.2) is 28.9 Å². The maximum Gasteiger partial charge on any atom is 0.124 e. The van der Waals surface area contributed by atoms with E-state index in [1.54, 1.807) is 13.3 Å². The molecule has 0 aliphatic heterocycles. The Morgan fingerprint density at radius 3 is 2.82 bits per heavy atom. The van der Waals surface area contributed by atoms with Crippen LogP contribution >= 0.6 is 27.5 Å². The molecule has 1 aromatic carbocycles. The highest BCUT2D eigenvalue weighted by atomic mass is 79.9. The Labute approximate surface area is 113 Å². The number of ether oxygens (including phenoxy) is 1. The largest absolute Gasteiger partial charge is 0.496 e. The first-order valence-electron chi connectivity index (χ1n) is 5.12. The molecule has 0 aliphatic rings. The van der Waals surface area contributed by atoms with Gasteiger partial charge in [0.05, 0.1) is 30.6 Å². The maximum absolute atomic E-state index is 5.98. The summed E-state index contributed by atoms with van der Waals surface area (Å²) in [5, 5.41) is 4.91. The quantitative estimate of drug-likeness (QED) is 0.864. The average Bonchev–Trinajstić information content (AvgIpc) is 2.61. The van der Waals surface area contributed by atoms with E-state index in [1.807, 2.05) is 29.8 Å². The topological polar surface area (TPSA) is 27.1 Å². The third-order valence-electron chi connectivity index (χ3n) is 2.61. The molecule has 0 spiro atoms. The lowest BCUT2D eigenvalue weighted by atomic mass is 10.2. The molecule has 90 valence electrons. The number of aromatic nitrogens is 2. The molecule has 0 fully saturated rings. The second-order valence-electron chi connectivity index (χ2n) is 3.69. The summed E-state index contributed by atoms with van der Waals surface area (Å²) in [6.07, 6.45) is 1.65. The molecule has 0 saturated heterocycles. The normalized spacial score (nSPS) is 10.6. The van der Waals surface area contributed by atoms with Crippen molar-refractivity contribution in [1.29, 1.82) is 0 Å². The van der Waals surface area contributed by atoms with Crippen LogP contribution in [-0.2, 0) is 6.54 Å². The van der Waals surface area contributed by atoms with Crippen molar-refractivity contribution in [3.8, 4) is 5.75 Å². The van der Waals surface area contributed by atoms with Crippen LogP contribution < -0.4 is 4.74 Å².